The van der Waals surface area contributed by atoms with Crippen molar-refractivity contribution in [3.8, 4) is 23.0 Å². The molecule has 0 saturated carbocycles. The Morgan fingerprint density at radius 2 is 1.12 bits per heavy atom. The van der Waals surface area contributed by atoms with Crippen LogP contribution in [-0.4, -0.2) is 10.2 Å². The quantitative estimate of drug-likeness (QED) is 0.447. The van der Waals surface area contributed by atoms with Gasteiger partial charge in [-0.1, -0.05) is 65.7 Å². The van der Waals surface area contributed by atoms with Crippen LogP contribution < -0.4 is 4.74 Å². The van der Waals surface area contributed by atoms with Crippen LogP contribution in [0.25, 0.3) is 5.57 Å². The third-order valence-electron chi connectivity index (χ3n) is 3.58. The smallest absolute Gasteiger partial charge is 0.131 e. The fraction of sp³-hybridized carbons (Fsp3) is 0. The Balaban J connectivity index is 0.000000213. The number of hydrogen-bond donors (Lipinski definition) is 2. The highest BCUT2D eigenvalue weighted by Gasteiger charge is 2.15. The van der Waals surface area contributed by atoms with Crippen molar-refractivity contribution in [2.24, 2.45) is 0 Å². The standard InChI is InChI=1S/C14H10Cl2O2.C6H4O/c15-14(16)13(9-5-1-3-7-11(9)17)10-6-2-4-8-12(10)18;1-2-5-4-6(3-1)7-5/h1-8,17-18H;1-4H. The number of phenolic OH excluding ortho intramolecular Hbond substituents is 2. The summed E-state index contributed by atoms with van der Waals surface area (Å²) in [5.41, 5.74) is 1.34. The second-order valence-electron chi connectivity index (χ2n) is 5.25. The molecule has 0 fully saturated rings. The number of hydrogen-bond acceptors (Lipinski definition) is 3. The molecule has 0 amide bonds. The molecule has 3 aromatic carbocycles. The molecule has 2 aliphatic heterocycles. The summed E-state index contributed by atoms with van der Waals surface area (Å²) in [5, 5.41) is 19.7. The van der Waals surface area contributed by atoms with Gasteiger partial charge < -0.3 is 14.9 Å². The predicted molar refractivity (Wildman–Crippen MR) is 100 cm³/mol. The van der Waals surface area contributed by atoms with Crippen LogP contribution in [0.5, 0.6) is 23.0 Å². The van der Waals surface area contributed by atoms with Crippen LogP contribution in [0.4, 0.5) is 0 Å². The minimum absolute atomic E-state index is 0.0157. The lowest BCUT2D eigenvalue weighted by molar-refractivity contribution is 0.438. The average molecular weight is 373 g/mol. The van der Waals surface area contributed by atoms with Crippen molar-refractivity contribution in [2.45, 2.75) is 0 Å². The lowest BCUT2D eigenvalue weighted by Crippen LogP contribution is -1.91. The largest absolute Gasteiger partial charge is 0.507 e. The minimum atomic E-state index is -0.0157. The highest BCUT2D eigenvalue weighted by Crippen LogP contribution is 2.38. The van der Waals surface area contributed by atoms with Gasteiger partial charge in [0.2, 0.25) is 0 Å². The van der Waals surface area contributed by atoms with E-state index in [4.69, 9.17) is 27.9 Å². The van der Waals surface area contributed by atoms with E-state index in [2.05, 4.69) is 0 Å². The van der Waals surface area contributed by atoms with E-state index in [1.807, 2.05) is 24.3 Å². The van der Waals surface area contributed by atoms with E-state index >= 15 is 0 Å². The fourth-order valence-corrected chi connectivity index (χ4v) is 2.81. The summed E-state index contributed by atoms with van der Waals surface area (Å²) < 4.78 is 4.99. The Morgan fingerprint density at radius 1 is 0.680 bits per heavy atom. The van der Waals surface area contributed by atoms with Gasteiger partial charge in [0.05, 0.1) is 0 Å². The summed E-state index contributed by atoms with van der Waals surface area (Å²) in [4.78, 5) is 0. The maximum atomic E-state index is 9.85. The van der Waals surface area contributed by atoms with Crippen LogP contribution in [0, 0.1) is 0 Å². The Kier molecular flexibility index (Phi) is 5.17. The summed E-state index contributed by atoms with van der Waals surface area (Å²) in [6.45, 7) is 0. The van der Waals surface area contributed by atoms with Gasteiger partial charge in [0.25, 0.3) is 0 Å². The first kappa shape index (κ1) is 17.2. The minimum Gasteiger partial charge on any atom is -0.507 e. The normalized spacial score (nSPS) is 10.6. The topological polar surface area (TPSA) is 49.7 Å². The highest BCUT2D eigenvalue weighted by molar-refractivity contribution is 6.59. The van der Waals surface area contributed by atoms with E-state index in [1.165, 1.54) is 12.1 Å². The Hall–Kier alpha value is -2.62. The molecule has 5 rings (SSSR count). The van der Waals surface area contributed by atoms with Crippen LogP contribution in [-0.2, 0) is 0 Å². The molecule has 126 valence electrons. The number of halogens is 2. The zero-order chi connectivity index (χ0) is 17.8. The van der Waals surface area contributed by atoms with Crippen molar-refractivity contribution in [2.75, 3.05) is 0 Å². The van der Waals surface area contributed by atoms with Crippen molar-refractivity contribution >= 4 is 28.8 Å². The summed E-state index contributed by atoms with van der Waals surface area (Å²) in [6, 6.07) is 21.2. The fourth-order valence-electron chi connectivity index (χ4n) is 2.40. The van der Waals surface area contributed by atoms with Crippen LogP contribution in [0.2, 0.25) is 0 Å². The number of para-hydroxylation sites is 2. The number of ether oxygens (including phenoxy) is 1. The molecular weight excluding hydrogens is 359 g/mol. The van der Waals surface area contributed by atoms with Gasteiger partial charge in [-0.2, -0.15) is 0 Å². The zero-order valence-electron chi connectivity index (χ0n) is 13.0. The van der Waals surface area contributed by atoms with Gasteiger partial charge in [0, 0.05) is 22.8 Å². The first-order chi connectivity index (χ1) is 12.1. The van der Waals surface area contributed by atoms with Gasteiger partial charge in [-0.15, -0.1) is 0 Å². The summed E-state index contributed by atoms with van der Waals surface area (Å²) in [7, 11) is 0. The molecule has 0 aliphatic carbocycles. The van der Waals surface area contributed by atoms with E-state index < -0.39 is 0 Å². The van der Waals surface area contributed by atoms with Crippen molar-refractivity contribution in [3.05, 3.63) is 88.4 Å². The second-order valence-corrected chi connectivity index (χ2v) is 6.20. The molecule has 2 N–H and O–H groups in total. The molecule has 5 heteroatoms. The van der Waals surface area contributed by atoms with E-state index in [9.17, 15) is 10.2 Å². The third-order valence-corrected chi connectivity index (χ3v) is 3.95. The first-order valence-corrected chi connectivity index (χ1v) is 8.22. The lowest BCUT2D eigenvalue weighted by atomic mass is 9.98. The average Bonchev–Trinajstić information content (AvgIpc) is 2.59. The molecule has 0 saturated heterocycles. The van der Waals surface area contributed by atoms with Crippen molar-refractivity contribution in [3.63, 3.8) is 0 Å². The van der Waals surface area contributed by atoms with Crippen molar-refractivity contribution in [1.29, 1.82) is 0 Å². The molecule has 0 radical (unpaired) electrons. The SMILES string of the molecule is Oc1ccccc1C(=C(Cl)Cl)c1ccccc1O.c1cc2cc(c1)O2. The Bertz CT molecular complexity index is 859. The molecule has 25 heavy (non-hydrogen) atoms. The van der Waals surface area contributed by atoms with Crippen LogP contribution in [0.1, 0.15) is 11.1 Å². The van der Waals surface area contributed by atoms with Crippen LogP contribution in [0.15, 0.2) is 77.3 Å². The molecule has 0 atom stereocenters. The predicted octanol–water partition coefficient (Wildman–Crippen LogP) is 6.08. The molecule has 2 bridgehead atoms. The highest BCUT2D eigenvalue weighted by atomic mass is 35.5. The number of fused-ring (bicyclic) bond motifs is 2. The molecular formula is C20H14Cl2O3. The van der Waals surface area contributed by atoms with Gasteiger partial charge in [-0.05, 0) is 24.3 Å². The number of aromatic hydroxyl groups is 2. The second kappa shape index (κ2) is 7.51. The van der Waals surface area contributed by atoms with Crippen molar-refractivity contribution in [1.82, 2.24) is 0 Å². The third kappa shape index (κ3) is 3.90. The van der Waals surface area contributed by atoms with Gasteiger partial charge >= 0.3 is 0 Å². The summed E-state index contributed by atoms with van der Waals surface area (Å²) in [5.74, 6) is 2.07. The molecule has 2 aliphatic rings. The van der Waals surface area contributed by atoms with E-state index in [0.29, 0.717) is 16.7 Å². The van der Waals surface area contributed by atoms with Crippen LogP contribution >= 0.6 is 23.2 Å². The van der Waals surface area contributed by atoms with Gasteiger partial charge in [0.1, 0.15) is 27.5 Å². The first-order valence-electron chi connectivity index (χ1n) is 7.46. The molecule has 0 unspecified atom stereocenters. The Morgan fingerprint density at radius 3 is 1.40 bits per heavy atom. The lowest BCUT2D eigenvalue weighted by Gasteiger charge is -2.13. The monoisotopic (exact) mass is 372 g/mol. The number of benzene rings is 3. The van der Waals surface area contributed by atoms with Crippen molar-refractivity contribution < 1.29 is 14.9 Å². The maximum Gasteiger partial charge on any atom is 0.131 e. The molecule has 0 aromatic heterocycles. The van der Waals surface area contributed by atoms with Gasteiger partial charge in [0.15, 0.2) is 0 Å². The van der Waals surface area contributed by atoms with Gasteiger partial charge in [-0.25, -0.2) is 0 Å². The van der Waals surface area contributed by atoms with E-state index in [1.54, 1.807) is 36.4 Å². The summed E-state index contributed by atoms with van der Waals surface area (Å²) >= 11 is 11.8. The number of phenols is 2. The number of rotatable bonds is 2. The maximum absolute atomic E-state index is 9.85. The van der Waals surface area contributed by atoms with Crippen LogP contribution in [0.3, 0.4) is 0 Å². The zero-order valence-corrected chi connectivity index (χ0v) is 14.5. The molecule has 3 nitrogen and oxygen atoms in total. The molecule has 0 spiro atoms. The van der Waals surface area contributed by atoms with E-state index in [-0.39, 0.29) is 16.0 Å². The molecule has 2 heterocycles. The summed E-state index contributed by atoms with van der Waals surface area (Å²) in [6.07, 6.45) is 0. The van der Waals surface area contributed by atoms with Gasteiger partial charge in [-0.3, -0.25) is 0 Å². The molecule has 3 aromatic rings. The Labute approximate surface area is 155 Å². The van der Waals surface area contributed by atoms with E-state index in [0.717, 1.165) is 11.5 Å².